The molecule has 2 bridgehead atoms. The maximum Gasteiger partial charge on any atom is 0.306 e. The van der Waals surface area contributed by atoms with Crippen LogP contribution in [-0.4, -0.2) is 36.9 Å². The van der Waals surface area contributed by atoms with Crippen molar-refractivity contribution in [2.45, 2.75) is 51.4 Å². The summed E-state index contributed by atoms with van der Waals surface area (Å²) in [5, 5.41) is 9.06. The fraction of sp³-hybridized carbons (Fsp3) is 0.933. The van der Waals surface area contributed by atoms with Crippen molar-refractivity contribution in [1.82, 2.24) is 0 Å². The van der Waals surface area contributed by atoms with E-state index in [-0.39, 0.29) is 17.3 Å². The Morgan fingerprint density at radius 3 is 2.10 bits per heavy atom. The van der Waals surface area contributed by atoms with Crippen LogP contribution in [0.5, 0.6) is 0 Å². The van der Waals surface area contributed by atoms with Crippen molar-refractivity contribution in [3.63, 3.8) is 0 Å². The molecule has 5 heteroatoms. The van der Waals surface area contributed by atoms with Gasteiger partial charge in [0.2, 0.25) is 0 Å². The molecule has 0 aromatic carbocycles. The van der Waals surface area contributed by atoms with E-state index in [1.807, 2.05) is 0 Å². The van der Waals surface area contributed by atoms with Crippen molar-refractivity contribution in [2.24, 2.45) is 17.3 Å². The summed E-state index contributed by atoms with van der Waals surface area (Å²) in [4.78, 5) is 11.0. The molecule has 1 saturated carbocycles. The second kappa shape index (κ2) is 5.28. The van der Waals surface area contributed by atoms with Crippen LogP contribution in [0, 0.1) is 17.3 Å². The first-order chi connectivity index (χ1) is 9.59. The molecule has 4 rings (SSSR count). The van der Waals surface area contributed by atoms with Crippen LogP contribution in [0.1, 0.15) is 45.4 Å². The smallest absolute Gasteiger partial charge is 0.306 e. The van der Waals surface area contributed by atoms with Crippen LogP contribution in [0.4, 0.5) is 0 Å². The van der Waals surface area contributed by atoms with Crippen LogP contribution < -0.4 is 0 Å². The Bertz CT molecular complexity index is 348. The van der Waals surface area contributed by atoms with Crippen LogP contribution in [0.25, 0.3) is 0 Å². The minimum absolute atomic E-state index is 0.0365. The highest BCUT2D eigenvalue weighted by Crippen LogP contribution is 2.48. The molecule has 3 heterocycles. The van der Waals surface area contributed by atoms with Gasteiger partial charge in [-0.3, -0.25) is 4.79 Å². The number of carboxylic acid groups (broad SMARTS) is 1. The first-order valence-electron chi connectivity index (χ1n) is 7.74. The average molecular weight is 284 g/mol. The molecule has 3 saturated heterocycles. The second-order valence-corrected chi connectivity index (χ2v) is 6.61. The third-order valence-corrected chi connectivity index (χ3v) is 5.10. The third kappa shape index (κ3) is 2.36. The average Bonchev–Trinajstić information content (AvgIpc) is 2.49. The fourth-order valence-corrected chi connectivity index (χ4v) is 3.81. The van der Waals surface area contributed by atoms with E-state index < -0.39 is 11.9 Å². The summed E-state index contributed by atoms with van der Waals surface area (Å²) >= 11 is 0. The summed E-state index contributed by atoms with van der Waals surface area (Å²) < 4.78 is 17.9. The van der Waals surface area contributed by atoms with Gasteiger partial charge >= 0.3 is 5.97 Å². The maximum atomic E-state index is 11.0. The molecule has 0 aromatic rings. The summed E-state index contributed by atoms with van der Waals surface area (Å²) in [5.41, 5.74) is 0.0365. The van der Waals surface area contributed by atoms with Crippen molar-refractivity contribution >= 4 is 5.97 Å². The zero-order valence-electron chi connectivity index (χ0n) is 12.1. The summed E-state index contributed by atoms with van der Waals surface area (Å²) in [7, 11) is 0. The maximum absolute atomic E-state index is 11.0. The lowest BCUT2D eigenvalue weighted by Gasteiger charge is -2.55. The van der Waals surface area contributed by atoms with E-state index in [2.05, 4.69) is 6.92 Å². The quantitative estimate of drug-likeness (QED) is 0.858. The normalized spacial score (nSPS) is 44.5. The number of ether oxygens (including phenoxy) is 3. The van der Waals surface area contributed by atoms with Gasteiger partial charge in [0.1, 0.15) is 0 Å². The molecule has 114 valence electrons. The Morgan fingerprint density at radius 2 is 1.65 bits per heavy atom. The Morgan fingerprint density at radius 1 is 1.10 bits per heavy atom. The molecule has 4 aliphatic rings. The highest BCUT2D eigenvalue weighted by atomic mass is 16.9. The zero-order chi connectivity index (χ0) is 14.2. The van der Waals surface area contributed by atoms with Gasteiger partial charge in [-0.2, -0.15) is 0 Å². The van der Waals surface area contributed by atoms with Crippen molar-refractivity contribution < 1.29 is 24.1 Å². The highest BCUT2D eigenvalue weighted by molar-refractivity contribution is 5.69. The summed E-state index contributed by atoms with van der Waals surface area (Å²) in [6, 6.07) is 0. The molecule has 1 aliphatic carbocycles. The van der Waals surface area contributed by atoms with Crippen LogP contribution in [0.2, 0.25) is 0 Å². The van der Waals surface area contributed by atoms with Crippen molar-refractivity contribution in [1.29, 1.82) is 0 Å². The molecule has 3 aliphatic heterocycles. The van der Waals surface area contributed by atoms with Gasteiger partial charge in [-0.05, 0) is 32.1 Å². The molecule has 5 nitrogen and oxygen atoms in total. The van der Waals surface area contributed by atoms with Gasteiger partial charge in [0.25, 0.3) is 5.97 Å². The SMILES string of the molecule is CCCC12COC(C3CCC(C(=O)O)CC3)(OC1)OC2. The Balaban J connectivity index is 1.61. The van der Waals surface area contributed by atoms with E-state index in [4.69, 9.17) is 19.3 Å². The molecular weight excluding hydrogens is 260 g/mol. The zero-order valence-corrected chi connectivity index (χ0v) is 12.1. The molecule has 20 heavy (non-hydrogen) atoms. The number of aliphatic carboxylic acids is 1. The van der Waals surface area contributed by atoms with Gasteiger partial charge in [0.05, 0.1) is 25.7 Å². The number of carbonyl (C=O) groups is 1. The molecule has 0 atom stereocenters. The van der Waals surface area contributed by atoms with E-state index >= 15 is 0 Å². The standard InChI is InChI=1S/C15H24O5/c1-2-7-14-8-18-15(19-9-14,20-10-14)12-5-3-11(4-6-12)13(16)17/h11-12H,2-10H2,1H3,(H,16,17). The predicted octanol–water partition coefficient (Wildman–Crippen LogP) is 2.39. The van der Waals surface area contributed by atoms with Crippen LogP contribution in [-0.2, 0) is 19.0 Å². The van der Waals surface area contributed by atoms with Gasteiger partial charge < -0.3 is 19.3 Å². The van der Waals surface area contributed by atoms with Crippen molar-refractivity contribution in [2.75, 3.05) is 19.8 Å². The Hall–Kier alpha value is -0.650. The summed E-state index contributed by atoms with van der Waals surface area (Å²) in [6.07, 6.45) is 5.16. The lowest BCUT2D eigenvalue weighted by atomic mass is 9.78. The van der Waals surface area contributed by atoms with Gasteiger partial charge in [0, 0.05) is 11.3 Å². The minimum Gasteiger partial charge on any atom is -0.481 e. The number of hydrogen-bond acceptors (Lipinski definition) is 4. The van der Waals surface area contributed by atoms with Crippen LogP contribution in [0.15, 0.2) is 0 Å². The number of hydrogen-bond donors (Lipinski definition) is 1. The molecular formula is C15H24O5. The lowest BCUT2D eigenvalue weighted by molar-refractivity contribution is -0.488. The van der Waals surface area contributed by atoms with Gasteiger partial charge in [-0.15, -0.1) is 0 Å². The van der Waals surface area contributed by atoms with E-state index in [0.717, 1.165) is 25.7 Å². The van der Waals surface area contributed by atoms with Gasteiger partial charge in [0.15, 0.2) is 0 Å². The molecule has 1 N–H and O–H groups in total. The molecule has 0 unspecified atom stereocenters. The minimum atomic E-state index is -0.890. The molecule has 0 amide bonds. The van der Waals surface area contributed by atoms with E-state index in [1.54, 1.807) is 0 Å². The van der Waals surface area contributed by atoms with Gasteiger partial charge in [-0.25, -0.2) is 0 Å². The molecule has 0 radical (unpaired) electrons. The van der Waals surface area contributed by atoms with E-state index in [0.29, 0.717) is 32.7 Å². The monoisotopic (exact) mass is 284 g/mol. The van der Waals surface area contributed by atoms with E-state index in [9.17, 15) is 4.79 Å². The van der Waals surface area contributed by atoms with Crippen molar-refractivity contribution in [3.8, 4) is 0 Å². The third-order valence-electron chi connectivity index (χ3n) is 5.10. The predicted molar refractivity (Wildman–Crippen MR) is 71.0 cm³/mol. The second-order valence-electron chi connectivity index (χ2n) is 6.61. The number of carboxylic acids is 1. The Labute approximate surface area is 119 Å². The van der Waals surface area contributed by atoms with Crippen molar-refractivity contribution in [3.05, 3.63) is 0 Å². The largest absolute Gasteiger partial charge is 0.481 e. The van der Waals surface area contributed by atoms with Crippen LogP contribution >= 0.6 is 0 Å². The fourth-order valence-electron chi connectivity index (χ4n) is 3.81. The molecule has 4 fully saturated rings. The molecule has 0 spiro atoms. The van der Waals surface area contributed by atoms with Crippen LogP contribution in [0.3, 0.4) is 0 Å². The Kier molecular flexibility index (Phi) is 3.77. The summed E-state index contributed by atoms with van der Waals surface area (Å²) in [5.74, 6) is -1.62. The first-order valence-corrected chi connectivity index (χ1v) is 7.74. The number of rotatable bonds is 4. The topological polar surface area (TPSA) is 65.0 Å². The first kappa shape index (κ1) is 14.3. The van der Waals surface area contributed by atoms with Gasteiger partial charge in [-0.1, -0.05) is 13.3 Å². The summed E-state index contributed by atoms with van der Waals surface area (Å²) in [6.45, 7) is 4.29. The highest BCUT2D eigenvalue weighted by Gasteiger charge is 2.56. The molecule has 0 aromatic heterocycles. The van der Waals surface area contributed by atoms with E-state index in [1.165, 1.54) is 0 Å². The lowest BCUT2D eigenvalue weighted by Crippen LogP contribution is -2.63. The number of fused-ring (bicyclic) bond motifs is 3.